The van der Waals surface area contributed by atoms with Gasteiger partial charge in [-0.25, -0.2) is 4.79 Å². The van der Waals surface area contributed by atoms with Crippen molar-refractivity contribution in [3.63, 3.8) is 0 Å². The van der Waals surface area contributed by atoms with Gasteiger partial charge in [-0.15, -0.1) is 0 Å². The molecule has 1 heterocycles. The zero-order chi connectivity index (χ0) is 28.3. The normalized spacial score (nSPS) is 24.2. The maximum absolute atomic E-state index is 13.7. The number of alkyl halides is 6. The first-order valence-electron chi connectivity index (χ1n) is 11.7. The summed E-state index contributed by atoms with van der Waals surface area (Å²) in [6, 6.07) is 7.77. The van der Waals surface area contributed by atoms with Crippen molar-refractivity contribution in [2.24, 2.45) is 11.3 Å². The first-order valence-corrected chi connectivity index (χ1v) is 13.5. The van der Waals surface area contributed by atoms with Crippen molar-refractivity contribution in [3.05, 3.63) is 70.8 Å². The Labute approximate surface area is 216 Å². The summed E-state index contributed by atoms with van der Waals surface area (Å²) in [6.07, 6.45) is -8.50. The van der Waals surface area contributed by atoms with Crippen LogP contribution in [0.3, 0.4) is 0 Å². The first kappa shape index (κ1) is 28.2. The Morgan fingerprint density at radius 1 is 1.08 bits per heavy atom. The van der Waals surface area contributed by atoms with Crippen LogP contribution in [0.2, 0.25) is 0 Å². The molecule has 0 radical (unpaired) electrons. The van der Waals surface area contributed by atoms with Gasteiger partial charge in [0.25, 0.3) is 10.1 Å². The van der Waals surface area contributed by atoms with Gasteiger partial charge >= 0.3 is 18.4 Å². The molecular weight excluding hydrogens is 538 g/mol. The highest BCUT2D eigenvalue weighted by atomic mass is 32.2. The highest BCUT2D eigenvalue weighted by molar-refractivity contribution is 7.85. The fourth-order valence-corrected chi connectivity index (χ4v) is 5.69. The number of urea groups is 1. The van der Waals surface area contributed by atoms with E-state index in [4.69, 9.17) is 4.18 Å². The van der Waals surface area contributed by atoms with Crippen molar-refractivity contribution >= 4 is 16.1 Å². The van der Waals surface area contributed by atoms with E-state index in [-0.39, 0.29) is 30.7 Å². The van der Waals surface area contributed by atoms with E-state index < -0.39 is 57.1 Å². The Bertz CT molecular complexity index is 1280. The average Bonchev–Trinajstić information content (AvgIpc) is 3.43. The summed E-state index contributed by atoms with van der Waals surface area (Å²) >= 11 is 0. The highest BCUT2D eigenvalue weighted by Crippen LogP contribution is 2.67. The number of carbonyl (C=O) groups excluding carboxylic acids is 1. The number of fused-ring (bicyclic) bond motifs is 1. The molecule has 1 saturated heterocycles. The van der Waals surface area contributed by atoms with E-state index in [1.807, 2.05) is 0 Å². The lowest BCUT2D eigenvalue weighted by Crippen LogP contribution is -2.44. The van der Waals surface area contributed by atoms with Crippen LogP contribution in [0.1, 0.15) is 47.7 Å². The molecular formula is C25H26F6N2O4S. The number of piperidine rings is 1. The second kappa shape index (κ2) is 9.44. The summed E-state index contributed by atoms with van der Waals surface area (Å²) < 4.78 is 109. The van der Waals surface area contributed by atoms with Crippen LogP contribution in [-0.4, -0.2) is 50.7 Å². The van der Waals surface area contributed by atoms with E-state index in [9.17, 15) is 39.6 Å². The molecule has 4 rings (SSSR count). The second-order valence-corrected chi connectivity index (χ2v) is 11.6. The molecule has 0 N–H and O–H groups in total. The molecule has 13 heteroatoms. The molecule has 0 bridgehead atoms. The molecule has 1 unspecified atom stereocenters. The summed E-state index contributed by atoms with van der Waals surface area (Å²) in [5, 5.41) is 0. The fraction of sp³-hybridized carbons (Fsp3) is 0.480. The lowest BCUT2D eigenvalue weighted by molar-refractivity contribution is -0.143. The Morgan fingerprint density at radius 3 is 2.13 bits per heavy atom. The minimum Gasteiger partial charge on any atom is -0.321 e. The number of halogens is 6. The van der Waals surface area contributed by atoms with E-state index >= 15 is 0 Å². The SMILES string of the molecule is C[C@H](c1cc(C(F)(F)F)cc(C(F)(F)F)c1)N(C)C(=O)N1CC2C[C@@]2(COS(C)(=O)=O)[C@@H]1c1ccccc1. The predicted octanol–water partition coefficient (Wildman–Crippen LogP) is 5.88. The van der Waals surface area contributed by atoms with Gasteiger partial charge in [0.15, 0.2) is 0 Å². The molecule has 6 nitrogen and oxygen atoms in total. The van der Waals surface area contributed by atoms with Gasteiger partial charge in [-0.2, -0.15) is 34.8 Å². The van der Waals surface area contributed by atoms with Gasteiger partial charge < -0.3 is 9.80 Å². The van der Waals surface area contributed by atoms with Gasteiger partial charge in [0.2, 0.25) is 0 Å². The summed E-state index contributed by atoms with van der Waals surface area (Å²) in [5.74, 6) is -0.0764. The van der Waals surface area contributed by atoms with Crippen LogP contribution in [0.15, 0.2) is 48.5 Å². The number of carbonyl (C=O) groups is 1. The smallest absolute Gasteiger partial charge is 0.321 e. The molecule has 0 aromatic heterocycles. The number of rotatable bonds is 6. The minimum atomic E-state index is -5.01. The largest absolute Gasteiger partial charge is 0.416 e. The third-order valence-electron chi connectivity index (χ3n) is 7.43. The summed E-state index contributed by atoms with van der Waals surface area (Å²) in [7, 11) is -2.45. The van der Waals surface area contributed by atoms with Gasteiger partial charge in [-0.05, 0) is 48.6 Å². The van der Waals surface area contributed by atoms with Crippen LogP contribution >= 0.6 is 0 Å². The second-order valence-electron chi connectivity index (χ2n) is 9.97. The van der Waals surface area contributed by atoms with Crippen LogP contribution in [0.25, 0.3) is 0 Å². The molecule has 208 valence electrons. The van der Waals surface area contributed by atoms with Gasteiger partial charge in [0.1, 0.15) is 0 Å². The molecule has 2 fully saturated rings. The summed E-state index contributed by atoms with van der Waals surface area (Å²) in [4.78, 5) is 16.3. The standard InChI is InChI=1S/C25H26F6N2O4S/c1-15(17-9-18(24(26,27)28)11-19(10-17)25(29,30)31)32(2)22(34)33-13-20-12-23(20,14-37-38(3,35)36)21(33)16-7-5-4-6-8-16/h4-11,15,20-21H,12-14H2,1-3H3/t15-,20?,21+,23+/m1/s1. The van der Waals surface area contributed by atoms with Crippen molar-refractivity contribution in [2.75, 3.05) is 26.5 Å². The molecule has 2 aliphatic rings. The number of benzene rings is 2. The molecule has 0 spiro atoms. The third kappa shape index (κ3) is 5.49. The maximum atomic E-state index is 13.7. The predicted molar refractivity (Wildman–Crippen MR) is 125 cm³/mol. The lowest BCUT2D eigenvalue weighted by Gasteiger charge is -2.37. The molecule has 2 aromatic rings. The number of amides is 2. The monoisotopic (exact) mass is 564 g/mol. The van der Waals surface area contributed by atoms with Crippen molar-refractivity contribution in [2.45, 2.75) is 37.8 Å². The highest BCUT2D eigenvalue weighted by Gasteiger charge is 2.68. The molecule has 2 aromatic carbocycles. The number of hydrogen-bond donors (Lipinski definition) is 0. The van der Waals surface area contributed by atoms with Crippen LogP contribution < -0.4 is 0 Å². The van der Waals surface area contributed by atoms with Gasteiger partial charge in [0, 0.05) is 19.0 Å². The van der Waals surface area contributed by atoms with E-state index in [1.54, 1.807) is 30.3 Å². The van der Waals surface area contributed by atoms with E-state index in [0.717, 1.165) is 16.7 Å². The Balaban J connectivity index is 1.66. The number of likely N-dealkylation sites (tertiary alicyclic amines) is 1. The van der Waals surface area contributed by atoms with Crippen molar-refractivity contribution < 1.29 is 43.7 Å². The van der Waals surface area contributed by atoms with Crippen LogP contribution in [0.4, 0.5) is 31.1 Å². The van der Waals surface area contributed by atoms with Crippen LogP contribution in [0, 0.1) is 11.3 Å². The minimum absolute atomic E-state index is 0.0447. The third-order valence-corrected chi connectivity index (χ3v) is 7.98. The van der Waals surface area contributed by atoms with Crippen LogP contribution in [0.5, 0.6) is 0 Å². The topological polar surface area (TPSA) is 66.9 Å². The fourth-order valence-electron chi connectivity index (χ4n) is 5.25. The zero-order valence-corrected chi connectivity index (χ0v) is 21.5. The quantitative estimate of drug-likeness (QED) is 0.325. The Morgan fingerprint density at radius 2 is 1.63 bits per heavy atom. The first-order chi connectivity index (χ1) is 17.4. The van der Waals surface area contributed by atoms with Crippen molar-refractivity contribution in [1.82, 2.24) is 9.80 Å². The molecule has 4 atom stereocenters. The van der Waals surface area contributed by atoms with Gasteiger partial charge in [-0.1, -0.05) is 30.3 Å². The van der Waals surface area contributed by atoms with Crippen LogP contribution in [-0.2, 0) is 26.7 Å². The van der Waals surface area contributed by atoms with Gasteiger partial charge in [0.05, 0.1) is 36.1 Å². The van der Waals surface area contributed by atoms with Crippen molar-refractivity contribution in [1.29, 1.82) is 0 Å². The average molecular weight is 565 g/mol. The number of hydrogen-bond acceptors (Lipinski definition) is 4. The molecule has 2 amide bonds. The Kier molecular flexibility index (Phi) is 7.01. The van der Waals surface area contributed by atoms with E-state index in [0.29, 0.717) is 18.6 Å². The Hall–Kier alpha value is -2.80. The molecule has 1 aliphatic heterocycles. The number of nitrogens with zero attached hydrogens (tertiary/aromatic N) is 2. The van der Waals surface area contributed by atoms with Crippen molar-refractivity contribution in [3.8, 4) is 0 Å². The maximum Gasteiger partial charge on any atom is 0.416 e. The lowest BCUT2D eigenvalue weighted by atomic mass is 9.90. The van der Waals surface area contributed by atoms with E-state index in [2.05, 4.69) is 0 Å². The zero-order valence-electron chi connectivity index (χ0n) is 20.7. The van der Waals surface area contributed by atoms with E-state index in [1.165, 1.54) is 18.9 Å². The molecule has 1 aliphatic carbocycles. The molecule has 1 saturated carbocycles. The summed E-state index contributed by atoms with van der Waals surface area (Å²) in [6.45, 7) is 1.44. The summed E-state index contributed by atoms with van der Waals surface area (Å²) in [5.41, 5.74) is -3.20. The van der Waals surface area contributed by atoms with Gasteiger partial charge in [-0.3, -0.25) is 4.18 Å². The molecule has 38 heavy (non-hydrogen) atoms.